The fourth-order valence-corrected chi connectivity index (χ4v) is 4.80. The van der Waals surface area contributed by atoms with Crippen molar-refractivity contribution in [2.24, 2.45) is 0 Å². The molecule has 3 amide bonds. The van der Waals surface area contributed by atoms with Gasteiger partial charge in [-0.15, -0.1) is 0 Å². The number of amides is 3. The minimum atomic E-state index is -0.430. The number of carbonyl (C=O) groups is 3. The van der Waals surface area contributed by atoms with Gasteiger partial charge in [0.1, 0.15) is 12.6 Å². The molecule has 3 aliphatic heterocycles. The van der Waals surface area contributed by atoms with Crippen molar-refractivity contribution in [3.8, 4) is 0 Å². The van der Waals surface area contributed by atoms with Gasteiger partial charge in [-0.3, -0.25) is 14.4 Å². The molecular weight excluding hydrogens is 394 g/mol. The fraction of sp³-hybridized carbons (Fsp3) is 0.571. The molecule has 1 unspecified atom stereocenters. The predicted molar refractivity (Wildman–Crippen MR) is 108 cm³/mol. The summed E-state index contributed by atoms with van der Waals surface area (Å²) in [6, 6.07) is 6.70. The number of likely N-dealkylation sites (tertiary alicyclic amines) is 2. The molecule has 156 valence electrons. The Morgan fingerprint density at radius 2 is 1.79 bits per heavy atom. The highest BCUT2D eigenvalue weighted by atomic mass is 35.5. The number of morpholine rings is 1. The van der Waals surface area contributed by atoms with Crippen molar-refractivity contribution in [2.45, 2.75) is 37.8 Å². The molecular formula is C21H26ClN3O4. The van der Waals surface area contributed by atoms with E-state index < -0.39 is 6.04 Å². The van der Waals surface area contributed by atoms with Crippen LogP contribution in [-0.2, 0) is 14.3 Å². The maximum atomic E-state index is 13.2. The first kappa shape index (κ1) is 20.2. The third-order valence-corrected chi connectivity index (χ3v) is 6.47. The Morgan fingerprint density at radius 1 is 1.03 bits per heavy atom. The van der Waals surface area contributed by atoms with Crippen molar-refractivity contribution in [3.63, 3.8) is 0 Å². The quantitative estimate of drug-likeness (QED) is 0.749. The molecule has 0 aromatic heterocycles. The van der Waals surface area contributed by atoms with E-state index in [2.05, 4.69) is 0 Å². The molecule has 3 heterocycles. The van der Waals surface area contributed by atoms with E-state index in [0.717, 1.165) is 19.3 Å². The Balaban J connectivity index is 1.38. The highest BCUT2D eigenvalue weighted by Crippen LogP contribution is 2.27. The smallest absolute Gasteiger partial charge is 0.256 e. The number of carbonyl (C=O) groups excluding carboxylic acids is 3. The molecule has 3 saturated heterocycles. The lowest BCUT2D eigenvalue weighted by Gasteiger charge is -2.41. The molecule has 4 rings (SSSR count). The van der Waals surface area contributed by atoms with Crippen molar-refractivity contribution in [1.29, 1.82) is 0 Å². The molecule has 3 fully saturated rings. The second kappa shape index (κ2) is 8.71. The SMILES string of the molecule is O=C(C1CCCN1C(=O)c1ccccc1Cl)N1CCC(N2CCOCC2=O)CC1. The predicted octanol–water partition coefficient (Wildman–Crippen LogP) is 1.79. The van der Waals surface area contributed by atoms with Crippen LogP contribution in [0.2, 0.25) is 5.02 Å². The maximum Gasteiger partial charge on any atom is 0.256 e. The van der Waals surface area contributed by atoms with E-state index in [9.17, 15) is 14.4 Å². The highest BCUT2D eigenvalue weighted by Gasteiger charge is 2.39. The van der Waals surface area contributed by atoms with Crippen LogP contribution in [0.3, 0.4) is 0 Å². The van der Waals surface area contributed by atoms with Crippen LogP contribution in [0.15, 0.2) is 24.3 Å². The van der Waals surface area contributed by atoms with Crippen LogP contribution in [0.4, 0.5) is 0 Å². The lowest BCUT2D eigenvalue weighted by atomic mass is 10.0. The average Bonchev–Trinajstić information content (AvgIpc) is 3.23. The lowest BCUT2D eigenvalue weighted by Crippen LogP contribution is -2.55. The molecule has 1 aromatic rings. The van der Waals surface area contributed by atoms with Gasteiger partial charge in [0.25, 0.3) is 5.91 Å². The molecule has 0 radical (unpaired) electrons. The molecule has 1 aromatic carbocycles. The summed E-state index contributed by atoms with van der Waals surface area (Å²) in [5.74, 6) is -0.136. The molecule has 0 bridgehead atoms. The van der Waals surface area contributed by atoms with Gasteiger partial charge in [0.2, 0.25) is 11.8 Å². The summed E-state index contributed by atoms with van der Waals surface area (Å²) in [5.41, 5.74) is 0.443. The standard InChI is InChI=1S/C21H26ClN3O4/c22-17-5-2-1-4-16(17)20(27)25-9-3-6-18(25)21(28)23-10-7-15(8-11-23)24-12-13-29-14-19(24)26/h1-2,4-5,15,18H,3,6-14H2. The Bertz CT molecular complexity index is 794. The van der Waals surface area contributed by atoms with Gasteiger partial charge in [0.15, 0.2) is 0 Å². The molecule has 7 nitrogen and oxygen atoms in total. The summed E-state index contributed by atoms with van der Waals surface area (Å²) >= 11 is 6.19. The lowest BCUT2D eigenvalue weighted by molar-refractivity contribution is -0.148. The fourth-order valence-electron chi connectivity index (χ4n) is 4.58. The third kappa shape index (κ3) is 4.12. The summed E-state index contributed by atoms with van der Waals surface area (Å²) in [7, 11) is 0. The van der Waals surface area contributed by atoms with Gasteiger partial charge in [-0.2, -0.15) is 0 Å². The molecule has 0 spiro atoms. The largest absolute Gasteiger partial charge is 0.370 e. The van der Waals surface area contributed by atoms with Gasteiger partial charge in [-0.05, 0) is 37.8 Å². The van der Waals surface area contributed by atoms with Crippen LogP contribution in [0.5, 0.6) is 0 Å². The number of nitrogens with zero attached hydrogens (tertiary/aromatic N) is 3. The van der Waals surface area contributed by atoms with Crippen molar-refractivity contribution >= 4 is 29.3 Å². The molecule has 0 aliphatic carbocycles. The number of halogens is 1. The first-order valence-corrected chi connectivity index (χ1v) is 10.7. The van der Waals surface area contributed by atoms with E-state index in [1.807, 2.05) is 9.80 Å². The van der Waals surface area contributed by atoms with Crippen molar-refractivity contribution in [1.82, 2.24) is 14.7 Å². The van der Waals surface area contributed by atoms with Crippen LogP contribution in [-0.4, -0.2) is 83.9 Å². The second-order valence-electron chi connectivity index (χ2n) is 7.83. The first-order valence-electron chi connectivity index (χ1n) is 10.3. The van der Waals surface area contributed by atoms with Gasteiger partial charge >= 0.3 is 0 Å². The van der Waals surface area contributed by atoms with Gasteiger partial charge in [-0.25, -0.2) is 0 Å². The van der Waals surface area contributed by atoms with Crippen LogP contribution < -0.4 is 0 Å². The third-order valence-electron chi connectivity index (χ3n) is 6.14. The van der Waals surface area contributed by atoms with E-state index in [0.29, 0.717) is 49.8 Å². The number of rotatable bonds is 3. The number of ether oxygens (including phenoxy) is 1. The van der Waals surface area contributed by atoms with Crippen LogP contribution >= 0.6 is 11.6 Å². The Morgan fingerprint density at radius 3 is 2.52 bits per heavy atom. The zero-order chi connectivity index (χ0) is 20.4. The van der Waals surface area contributed by atoms with Crippen molar-refractivity contribution in [2.75, 3.05) is 39.4 Å². The minimum Gasteiger partial charge on any atom is -0.370 e. The van der Waals surface area contributed by atoms with Crippen molar-refractivity contribution < 1.29 is 19.1 Å². The monoisotopic (exact) mass is 419 g/mol. The summed E-state index contributed by atoms with van der Waals surface area (Å²) in [4.78, 5) is 43.6. The molecule has 0 saturated carbocycles. The van der Waals surface area contributed by atoms with E-state index in [-0.39, 0.29) is 30.4 Å². The molecule has 29 heavy (non-hydrogen) atoms. The summed E-state index contributed by atoms with van der Waals surface area (Å²) in [5, 5.41) is 0.409. The van der Waals surface area contributed by atoms with Gasteiger partial charge in [0.05, 0.1) is 17.2 Å². The summed E-state index contributed by atoms with van der Waals surface area (Å²) in [6.45, 7) is 3.14. The molecule has 0 N–H and O–H groups in total. The minimum absolute atomic E-state index is 0.00894. The van der Waals surface area contributed by atoms with E-state index >= 15 is 0 Å². The zero-order valence-corrected chi connectivity index (χ0v) is 17.1. The number of hydrogen-bond acceptors (Lipinski definition) is 4. The van der Waals surface area contributed by atoms with Crippen LogP contribution in [0.25, 0.3) is 0 Å². The topological polar surface area (TPSA) is 70.2 Å². The second-order valence-corrected chi connectivity index (χ2v) is 8.24. The number of piperidine rings is 1. The molecule has 8 heteroatoms. The zero-order valence-electron chi connectivity index (χ0n) is 16.4. The van der Waals surface area contributed by atoms with Crippen molar-refractivity contribution in [3.05, 3.63) is 34.9 Å². The van der Waals surface area contributed by atoms with E-state index in [1.165, 1.54) is 0 Å². The Hall–Kier alpha value is -2.12. The average molecular weight is 420 g/mol. The normalized spacial score (nSPS) is 23.6. The van der Waals surface area contributed by atoms with Gasteiger partial charge in [0, 0.05) is 32.2 Å². The van der Waals surface area contributed by atoms with E-state index in [1.54, 1.807) is 29.2 Å². The Kier molecular flexibility index (Phi) is 6.06. The van der Waals surface area contributed by atoms with Crippen LogP contribution in [0, 0.1) is 0 Å². The maximum absolute atomic E-state index is 13.2. The summed E-state index contributed by atoms with van der Waals surface area (Å²) in [6.07, 6.45) is 3.02. The first-order chi connectivity index (χ1) is 14.1. The van der Waals surface area contributed by atoms with E-state index in [4.69, 9.17) is 16.3 Å². The number of benzene rings is 1. The highest BCUT2D eigenvalue weighted by molar-refractivity contribution is 6.33. The van der Waals surface area contributed by atoms with Gasteiger partial charge in [-0.1, -0.05) is 23.7 Å². The number of hydrogen-bond donors (Lipinski definition) is 0. The van der Waals surface area contributed by atoms with Gasteiger partial charge < -0.3 is 19.4 Å². The summed E-state index contributed by atoms with van der Waals surface area (Å²) < 4.78 is 5.21. The Labute approximate surface area is 175 Å². The molecule has 1 atom stereocenters. The van der Waals surface area contributed by atoms with Crippen LogP contribution in [0.1, 0.15) is 36.0 Å². The molecule has 3 aliphatic rings.